The van der Waals surface area contributed by atoms with Crippen LogP contribution in [0.4, 0.5) is 0 Å². The molecule has 0 bridgehead atoms. The molecule has 1 saturated carbocycles. The molecule has 2 rings (SSSR count). The van der Waals surface area contributed by atoms with Crippen molar-refractivity contribution in [3.05, 3.63) is 0 Å². The van der Waals surface area contributed by atoms with Crippen LogP contribution in [0.15, 0.2) is 0 Å². The third-order valence-corrected chi connectivity index (χ3v) is 3.57. The lowest BCUT2D eigenvalue weighted by atomic mass is 10.3. The van der Waals surface area contributed by atoms with Crippen LogP contribution in [0.3, 0.4) is 0 Å². The Bertz CT molecular complexity index is 275. The monoisotopic (exact) mass is 243 g/mol. The predicted molar refractivity (Wildman–Crippen MR) is 63.0 cm³/mol. The number of rotatable bonds is 5. The van der Waals surface area contributed by atoms with Crippen LogP contribution >= 0.6 is 11.8 Å². The molecule has 1 aliphatic carbocycles. The van der Waals surface area contributed by atoms with E-state index in [0.717, 1.165) is 24.5 Å². The minimum Gasteiger partial charge on any atom is -0.354 e. The van der Waals surface area contributed by atoms with Gasteiger partial charge in [-0.2, -0.15) is 0 Å². The van der Waals surface area contributed by atoms with Gasteiger partial charge in [-0.1, -0.05) is 0 Å². The number of carbonyl (C=O) groups is 2. The summed E-state index contributed by atoms with van der Waals surface area (Å²) in [5.74, 6) is 1.70. The van der Waals surface area contributed by atoms with Crippen LogP contribution < -0.4 is 16.0 Å². The van der Waals surface area contributed by atoms with E-state index in [1.165, 1.54) is 0 Å². The second kappa shape index (κ2) is 5.54. The van der Waals surface area contributed by atoms with Gasteiger partial charge in [0.05, 0.1) is 6.04 Å². The molecule has 0 spiro atoms. The van der Waals surface area contributed by atoms with E-state index in [1.54, 1.807) is 11.8 Å². The SMILES string of the molecule is O=C(CCNC(=O)C1CSCN1)NC1CC1. The van der Waals surface area contributed by atoms with Crippen molar-refractivity contribution in [2.45, 2.75) is 31.3 Å². The highest BCUT2D eigenvalue weighted by Gasteiger charge is 2.24. The van der Waals surface area contributed by atoms with Crippen LogP contribution in [0.1, 0.15) is 19.3 Å². The maximum absolute atomic E-state index is 11.5. The van der Waals surface area contributed by atoms with Gasteiger partial charge in [-0.15, -0.1) is 11.8 Å². The maximum Gasteiger partial charge on any atom is 0.238 e. The first kappa shape index (κ1) is 11.7. The zero-order valence-corrected chi connectivity index (χ0v) is 9.94. The molecule has 2 amide bonds. The summed E-state index contributed by atoms with van der Waals surface area (Å²) in [6, 6.07) is 0.313. The van der Waals surface area contributed by atoms with Gasteiger partial charge in [0.15, 0.2) is 0 Å². The highest BCUT2D eigenvalue weighted by molar-refractivity contribution is 7.99. The zero-order chi connectivity index (χ0) is 11.4. The largest absolute Gasteiger partial charge is 0.354 e. The van der Waals surface area contributed by atoms with Crippen LogP contribution in [0.2, 0.25) is 0 Å². The summed E-state index contributed by atoms with van der Waals surface area (Å²) in [4.78, 5) is 22.9. The number of hydrogen-bond donors (Lipinski definition) is 3. The van der Waals surface area contributed by atoms with Crippen LogP contribution in [0.25, 0.3) is 0 Å². The molecule has 16 heavy (non-hydrogen) atoms. The molecular weight excluding hydrogens is 226 g/mol. The van der Waals surface area contributed by atoms with Crippen molar-refractivity contribution in [3.8, 4) is 0 Å². The molecule has 6 heteroatoms. The number of thioether (sulfide) groups is 1. The highest BCUT2D eigenvalue weighted by Crippen LogP contribution is 2.18. The minimum absolute atomic E-state index is 0.00391. The van der Waals surface area contributed by atoms with Gasteiger partial charge in [0.25, 0.3) is 0 Å². The summed E-state index contributed by atoms with van der Waals surface area (Å²) in [5.41, 5.74) is 0. The van der Waals surface area contributed by atoms with E-state index in [2.05, 4.69) is 16.0 Å². The van der Waals surface area contributed by atoms with E-state index >= 15 is 0 Å². The van der Waals surface area contributed by atoms with E-state index in [-0.39, 0.29) is 17.9 Å². The third kappa shape index (κ3) is 3.68. The van der Waals surface area contributed by atoms with Crippen molar-refractivity contribution in [1.29, 1.82) is 0 Å². The van der Waals surface area contributed by atoms with E-state index in [1.807, 2.05) is 0 Å². The van der Waals surface area contributed by atoms with Crippen molar-refractivity contribution in [1.82, 2.24) is 16.0 Å². The van der Waals surface area contributed by atoms with E-state index in [4.69, 9.17) is 0 Å². The number of hydrogen-bond acceptors (Lipinski definition) is 4. The summed E-state index contributed by atoms with van der Waals surface area (Å²) in [6.45, 7) is 0.431. The average molecular weight is 243 g/mol. The lowest BCUT2D eigenvalue weighted by Crippen LogP contribution is -2.43. The van der Waals surface area contributed by atoms with Crippen LogP contribution in [0, 0.1) is 0 Å². The molecule has 1 heterocycles. The van der Waals surface area contributed by atoms with Gasteiger partial charge in [-0.25, -0.2) is 0 Å². The normalized spacial score (nSPS) is 24.1. The fourth-order valence-corrected chi connectivity index (χ4v) is 2.46. The van der Waals surface area contributed by atoms with Gasteiger partial charge >= 0.3 is 0 Å². The highest BCUT2D eigenvalue weighted by atomic mass is 32.2. The van der Waals surface area contributed by atoms with Gasteiger partial charge in [-0.3, -0.25) is 14.9 Å². The Morgan fingerprint density at radius 3 is 2.81 bits per heavy atom. The molecule has 1 aliphatic heterocycles. The Morgan fingerprint density at radius 1 is 1.38 bits per heavy atom. The van der Waals surface area contributed by atoms with Gasteiger partial charge in [0, 0.05) is 30.6 Å². The molecule has 0 aromatic carbocycles. The molecule has 3 N–H and O–H groups in total. The molecule has 0 aromatic rings. The molecule has 0 radical (unpaired) electrons. The summed E-state index contributed by atoms with van der Waals surface area (Å²) < 4.78 is 0. The molecule has 1 saturated heterocycles. The van der Waals surface area contributed by atoms with Crippen molar-refractivity contribution in [2.24, 2.45) is 0 Å². The third-order valence-electron chi connectivity index (χ3n) is 2.63. The summed E-state index contributed by atoms with van der Waals surface area (Å²) in [6.07, 6.45) is 2.57. The van der Waals surface area contributed by atoms with Crippen molar-refractivity contribution >= 4 is 23.6 Å². The first-order valence-electron chi connectivity index (χ1n) is 5.64. The number of nitrogens with one attached hydrogen (secondary N) is 3. The quantitative estimate of drug-likeness (QED) is 0.605. The molecule has 1 unspecified atom stereocenters. The van der Waals surface area contributed by atoms with Crippen LogP contribution in [0.5, 0.6) is 0 Å². The molecule has 90 valence electrons. The van der Waals surface area contributed by atoms with Gasteiger partial charge < -0.3 is 10.6 Å². The van der Waals surface area contributed by atoms with Crippen molar-refractivity contribution in [2.75, 3.05) is 18.2 Å². The van der Waals surface area contributed by atoms with Crippen molar-refractivity contribution < 1.29 is 9.59 Å². The fourth-order valence-electron chi connectivity index (χ4n) is 1.51. The topological polar surface area (TPSA) is 70.2 Å². The summed E-state index contributed by atoms with van der Waals surface area (Å²) in [7, 11) is 0. The zero-order valence-electron chi connectivity index (χ0n) is 9.12. The molecule has 1 atom stereocenters. The smallest absolute Gasteiger partial charge is 0.238 e. The van der Waals surface area contributed by atoms with Crippen LogP contribution in [-0.4, -0.2) is 42.1 Å². The fraction of sp³-hybridized carbons (Fsp3) is 0.800. The molecule has 0 aromatic heterocycles. The van der Waals surface area contributed by atoms with Crippen LogP contribution in [-0.2, 0) is 9.59 Å². The minimum atomic E-state index is -0.0866. The van der Waals surface area contributed by atoms with E-state index in [0.29, 0.717) is 19.0 Å². The van der Waals surface area contributed by atoms with Gasteiger partial charge in [0.2, 0.25) is 11.8 Å². The van der Waals surface area contributed by atoms with E-state index < -0.39 is 0 Å². The molecule has 5 nitrogen and oxygen atoms in total. The Labute approximate surface area is 99.1 Å². The Hall–Kier alpha value is -0.750. The standard InChI is InChI=1S/C10H17N3O2S/c14-9(13-7-1-2-7)3-4-11-10(15)8-5-16-6-12-8/h7-8,12H,1-6H2,(H,11,15)(H,13,14). The Balaban J connectivity index is 1.55. The second-order valence-corrected chi connectivity index (χ2v) is 5.18. The maximum atomic E-state index is 11.5. The second-order valence-electron chi connectivity index (χ2n) is 4.15. The molecule has 2 aliphatic rings. The van der Waals surface area contributed by atoms with Crippen molar-refractivity contribution in [3.63, 3.8) is 0 Å². The Kier molecular flexibility index (Phi) is 4.06. The van der Waals surface area contributed by atoms with E-state index in [9.17, 15) is 9.59 Å². The summed E-state index contributed by atoms with van der Waals surface area (Å²) >= 11 is 1.72. The Morgan fingerprint density at radius 2 is 2.19 bits per heavy atom. The molecule has 2 fully saturated rings. The average Bonchev–Trinajstić information content (AvgIpc) is 2.90. The number of carbonyl (C=O) groups excluding carboxylic acids is 2. The lowest BCUT2D eigenvalue weighted by Gasteiger charge is -2.10. The van der Waals surface area contributed by atoms with Gasteiger partial charge in [0.1, 0.15) is 0 Å². The molecular formula is C10H17N3O2S. The number of amides is 2. The lowest BCUT2D eigenvalue weighted by molar-refractivity contribution is -0.123. The first-order valence-corrected chi connectivity index (χ1v) is 6.79. The predicted octanol–water partition coefficient (Wildman–Crippen LogP) is -0.566. The van der Waals surface area contributed by atoms with Gasteiger partial charge in [-0.05, 0) is 12.8 Å². The first-order chi connectivity index (χ1) is 7.75. The summed E-state index contributed by atoms with van der Waals surface area (Å²) in [5, 5.41) is 8.75.